The van der Waals surface area contributed by atoms with Gasteiger partial charge in [0.15, 0.2) is 0 Å². The van der Waals surface area contributed by atoms with Crippen LogP contribution in [0.4, 0.5) is 5.69 Å². The molecule has 1 aromatic carbocycles. The minimum atomic E-state index is -0.769. The molecule has 3 nitrogen and oxygen atoms in total. The highest BCUT2D eigenvalue weighted by Gasteiger charge is 2.22. The summed E-state index contributed by atoms with van der Waals surface area (Å²) in [5.74, 6) is -0.769. The monoisotopic (exact) mass is 235 g/mol. The summed E-state index contributed by atoms with van der Waals surface area (Å²) in [5, 5.41) is 9.20. The minimum Gasteiger partial charge on any atom is -0.480 e. The third-order valence-electron chi connectivity index (χ3n) is 3.13. The van der Waals surface area contributed by atoms with Gasteiger partial charge in [-0.1, -0.05) is 24.6 Å². The number of aryl methyl sites for hydroxylation is 3. The molecule has 1 N–H and O–H groups in total. The summed E-state index contributed by atoms with van der Waals surface area (Å²) in [6, 6.07) is 3.72. The lowest BCUT2D eigenvalue weighted by molar-refractivity contribution is -0.138. The van der Waals surface area contributed by atoms with Gasteiger partial charge in [0.25, 0.3) is 0 Å². The lowest BCUT2D eigenvalue weighted by Gasteiger charge is -2.29. The molecule has 0 aromatic heterocycles. The van der Waals surface area contributed by atoms with Gasteiger partial charge in [0.2, 0.25) is 0 Å². The van der Waals surface area contributed by atoms with E-state index in [1.807, 2.05) is 32.7 Å². The molecule has 3 heteroatoms. The van der Waals surface area contributed by atoms with Crippen LogP contribution in [-0.2, 0) is 4.79 Å². The summed E-state index contributed by atoms with van der Waals surface area (Å²) in [6.45, 7) is 8.01. The standard InChI is InChI=1S/C14H21NO2/c1-6-12(14(16)17)15(5)13-10(3)7-9(2)8-11(13)4/h7-8,12H,6H2,1-5H3,(H,16,17)/t12-/m1/s1. The van der Waals surface area contributed by atoms with E-state index in [1.54, 1.807) is 0 Å². The molecule has 0 spiro atoms. The van der Waals surface area contributed by atoms with Crippen LogP contribution >= 0.6 is 0 Å². The molecule has 17 heavy (non-hydrogen) atoms. The largest absolute Gasteiger partial charge is 0.480 e. The zero-order valence-electron chi connectivity index (χ0n) is 11.2. The van der Waals surface area contributed by atoms with E-state index < -0.39 is 12.0 Å². The number of nitrogens with zero attached hydrogens (tertiary/aromatic N) is 1. The van der Waals surface area contributed by atoms with Gasteiger partial charge in [0.05, 0.1) is 0 Å². The topological polar surface area (TPSA) is 40.5 Å². The molecule has 0 saturated carbocycles. The number of carboxylic acids is 1. The van der Waals surface area contributed by atoms with Gasteiger partial charge in [-0.25, -0.2) is 4.79 Å². The SMILES string of the molecule is CC[C@H](C(=O)O)N(C)c1c(C)cc(C)cc1C. The van der Waals surface area contributed by atoms with Crippen molar-refractivity contribution in [1.29, 1.82) is 0 Å². The van der Waals surface area contributed by atoms with Crippen LogP contribution in [0.25, 0.3) is 0 Å². The van der Waals surface area contributed by atoms with E-state index in [1.165, 1.54) is 5.56 Å². The molecular weight excluding hydrogens is 214 g/mol. The van der Waals surface area contributed by atoms with Gasteiger partial charge in [-0.2, -0.15) is 0 Å². The highest BCUT2D eigenvalue weighted by Crippen LogP contribution is 2.27. The summed E-state index contributed by atoms with van der Waals surface area (Å²) in [5.41, 5.74) is 4.50. The molecule has 0 unspecified atom stereocenters. The van der Waals surface area contributed by atoms with Crippen LogP contribution in [0.5, 0.6) is 0 Å². The van der Waals surface area contributed by atoms with Crippen LogP contribution in [0.15, 0.2) is 12.1 Å². The van der Waals surface area contributed by atoms with Crippen LogP contribution in [0.2, 0.25) is 0 Å². The fourth-order valence-electron chi connectivity index (χ4n) is 2.50. The molecule has 0 amide bonds. The Bertz CT molecular complexity index is 403. The summed E-state index contributed by atoms with van der Waals surface area (Å²) in [4.78, 5) is 13.1. The molecule has 0 bridgehead atoms. The van der Waals surface area contributed by atoms with Crippen LogP contribution in [0.3, 0.4) is 0 Å². The van der Waals surface area contributed by atoms with Crippen molar-refractivity contribution < 1.29 is 9.90 Å². The van der Waals surface area contributed by atoms with Crippen molar-refractivity contribution in [3.8, 4) is 0 Å². The van der Waals surface area contributed by atoms with Crippen molar-refractivity contribution in [3.05, 3.63) is 28.8 Å². The molecule has 0 fully saturated rings. The van der Waals surface area contributed by atoms with Crippen LogP contribution in [-0.4, -0.2) is 24.2 Å². The van der Waals surface area contributed by atoms with Crippen LogP contribution < -0.4 is 4.90 Å². The average molecular weight is 235 g/mol. The second-order valence-corrected chi connectivity index (χ2v) is 4.62. The fourth-order valence-corrected chi connectivity index (χ4v) is 2.50. The van der Waals surface area contributed by atoms with E-state index in [2.05, 4.69) is 19.1 Å². The van der Waals surface area contributed by atoms with Gasteiger partial charge in [0.1, 0.15) is 6.04 Å². The van der Waals surface area contributed by atoms with Gasteiger partial charge < -0.3 is 10.0 Å². The summed E-state index contributed by atoms with van der Waals surface area (Å²) < 4.78 is 0. The molecule has 0 heterocycles. The number of hydrogen-bond donors (Lipinski definition) is 1. The number of rotatable bonds is 4. The van der Waals surface area contributed by atoms with Gasteiger partial charge in [-0.3, -0.25) is 0 Å². The van der Waals surface area contributed by atoms with Crippen molar-refractivity contribution in [2.24, 2.45) is 0 Å². The summed E-state index contributed by atoms with van der Waals surface area (Å²) in [6.07, 6.45) is 0.596. The number of aliphatic carboxylic acids is 1. The highest BCUT2D eigenvalue weighted by atomic mass is 16.4. The third-order valence-corrected chi connectivity index (χ3v) is 3.13. The Morgan fingerprint density at radius 2 is 1.76 bits per heavy atom. The van der Waals surface area contributed by atoms with E-state index in [9.17, 15) is 9.90 Å². The van der Waals surface area contributed by atoms with Gasteiger partial charge in [-0.05, 0) is 38.3 Å². The molecule has 1 rings (SSSR count). The molecule has 0 aliphatic carbocycles. The number of anilines is 1. The zero-order chi connectivity index (χ0) is 13.2. The Balaban J connectivity index is 3.20. The molecule has 0 radical (unpaired) electrons. The predicted molar refractivity (Wildman–Crippen MR) is 70.8 cm³/mol. The second kappa shape index (κ2) is 5.21. The first kappa shape index (κ1) is 13.6. The van der Waals surface area contributed by atoms with E-state index in [4.69, 9.17) is 0 Å². The predicted octanol–water partition coefficient (Wildman–Crippen LogP) is 2.91. The van der Waals surface area contributed by atoms with Crippen LogP contribution in [0, 0.1) is 20.8 Å². The van der Waals surface area contributed by atoms with E-state index in [0.717, 1.165) is 16.8 Å². The molecule has 1 atom stereocenters. The lowest BCUT2D eigenvalue weighted by Crippen LogP contribution is -2.38. The summed E-state index contributed by atoms with van der Waals surface area (Å²) in [7, 11) is 1.85. The summed E-state index contributed by atoms with van der Waals surface area (Å²) >= 11 is 0. The Morgan fingerprint density at radius 3 is 2.12 bits per heavy atom. The molecule has 94 valence electrons. The Kier molecular flexibility index (Phi) is 4.16. The molecular formula is C14H21NO2. The normalized spacial score (nSPS) is 12.3. The number of carbonyl (C=O) groups is 1. The maximum absolute atomic E-state index is 11.2. The number of benzene rings is 1. The first-order chi connectivity index (χ1) is 7.88. The number of carboxylic acid groups (broad SMARTS) is 1. The fraction of sp³-hybridized carbons (Fsp3) is 0.500. The van der Waals surface area contributed by atoms with Crippen molar-refractivity contribution in [3.63, 3.8) is 0 Å². The first-order valence-electron chi connectivity index (χ1n) is 5.92. The van der Waals surface area contributed by atoms with E-state index in [0.29, 0.717) is 6.42 Å². The van der Waals surface area contributed by atoms with Crippen molar-refractivity contribution in [2.45, 2.75) is 40.2 Å². The maximum atomic E-state index is 11.2. The van der Waals surface area contributed by atoms with E-state index in [-0.39, 0.29) is 0 Å². The van der Waals surface area contributed by atoms with Gasteiger partial charge >= 0.3 is 5.97 Å². The third kappa shape index (κ3) is 2.78. The second-order valence-electron chi connectivity index (χ2n) is 4.62. The number of likely N-dealkylation sites (N-methyl/N-ethyl adjacent to an activating group) is 1. The van der Waals surface area contributed by atoms with Crippen molar-refractivity contribution in [2.75, 3.05) is 11.9 Å². The smallest absolute Gasteiger partial charge is 0.326 e. The van der Waals surface area contributed by atoms with Crippen molar-refractivity contribution >= 4 is 11.7 Å². The maximum Gasteiger partial charge on any atom is 0.326 e. The Morgan fingerprint density at radius 1 is 1.29 bits per heavy atom. The minimum absolute atomic E-state index is 0.463. The quantitative estimate of drug-likeness (QED) is 0.872. The Labute approximate surface area is 103 Å². The van der Waals surface area contributed by atoms with Gasteiger partial charge in [-0.15, -0.1) is 0 Å². The molecule has 1 aromatic rings. The molecule has 0 aliphatic rings. The lowest BCUT2D eigenvalue weighted by atomic mass is 10.0. The molecule has 0 aliphatic heterocycles. The van der Waals surface area contributed by atoms with Crippen molar-refractivity contribution in [1.82, 2.24) is 0 Å². The molecule has 0 saturated heterocycles. The van der Waals surface area contributed by atoms with E-state index >= 15 is 0 Å². The average Bonchev–Trinajstić information content (AvgIpc) is 2.15. The first-order valence-corrected chi connectivity index (χ1v) is 5.92. The Hall–Kier alpha value is -1.51. The highest BCUT2D eigenvalue weighted by molar-refractivity contribution is 5.79. The number of hydrogen-bond acceptors (Lipinski definition) is 2. The van der Waals surface area contributed by atoms with Gasteiger partial charge in [0, 0.05) is 12.7 Å². The zero-order valence-corrected chi connectivity index (χ0v) is 11.2. The van der Waals surface area contributed by atoms with Crippen LogP contribution in [0.1, 0.15) is 30.0 Å².